The molecule has 0 aliphatic heterocycles. The summed E-state index contributed by atoms with van der Waals surface area (Å²) in [5.41, 5.74) is 0. The number of likely N-dealkylation sites (N-methyl/N-ethyl adjacent to an activating group) is 1. The standard InChI is InChI=1S/C41H77N2O6P/c1-6-8-10-12-14-16-18-20-21-23-24-26-28-30-32-34-40(44)39(38-49-50(46,47)48-37-36-43(3,4)5)42-41(45)35-33-31-29-27-25-22-19-17-15-13-11-9-7-2/h17-20,24,26,32,34,39-40,44H,6-16,21-23,25,27-31,33,35-38H2,1-5H3,(H-,42,45,46,47)/b19-17-,20-18+,26-24+,34-32+. The number of allylic oxidation sites excluding steroid dienone is 7. The number of hydrogen-bond donors (Lipinski definition) is 2. The molecule has 1 amide bonds. The second kappa shape index (κ2) is 33.3. The second-order valence-electron chi connectivity index (χ2n) is 14.6. The maximum atomic E-state index is 12.8. The van der Waals surface area contributed by atoms with E-state index in [1.165, 1.54) is 70.6 Å². The van der Waals surface area contributed by atoms with Crippen molar-refractivity contribution in [3.05, 3.63) is 48.6 Å². The third-order valence-electron chi connectivity index (χ3n) is 8.49. The molecule has 8 nitrogen and oxygen atoms in total. The molecule has 3 atom stereocenters. The van der Waals surface area contributed by atoms with Gasteiger partial charge in [-0.25, -0.2) is 0 Å². The number of nitrogens with zero attached hydrogens (tertiary/aromatic N) is 1. The van der Waals surface area contributed by atoms with Gasteiger partial charge in [0, 0.05) is 6.42 Å². The zero-order chi connectivity index (χ0) is 37.2. The Morgan fingerprint density at radius 1 is 0.680 bits per heavy atom. The summed E-state index contributed by atoms with van der Waals surface area (Å²) in [5, 5.41) is 13.7. The van der Waals surface area contributed by atoms with Crippen LogP contribution in [0.15, 0.2) is 48.6 Å². The summed E-state index contributed by atoms with van der Waals surface area (Å²) in [5.74, 6) is -0.225. The van der Waals surface area contributed by atoms with Gasteiger partial charge in [-0.1, -0.05) is 127 Å². The van der Waals surface area contributed by atoms with Crippen molar-refractivity contribution in [3.8, 4) is 0 Å². The Morgan fingerprint density at radius 2 is 1.12 bits per heavy atom. The second-order valence-corrected chi connectivity index (χ2v) is 16.0. The smallest absolute Gasteiger partial charge is 0.268 e. The SMILES string of the molecule is CCCCCC/C=C\CCCCCCCC(=O)NC(COP(=O)([O-])OCC[N+](C)(C)C)C(O)/C=C/CC/C=C/CC/C=C/CCCCCCC. The van der Waals surface area contributed by atoms with Gasteiger partial charge >= 0.3 is 0 Å². The molecule has 3 unspecified atom stereocenters. The summed E-state index contributed by atoms with van der Waals surface area (Å²) in [4.78, 5) is 25.2. The number of phosphoric ester groups is 1. The van der Waals surface area contributed by atoms with Crippen LogP contribution >= 0.6 is 7.82 Å². The lowest BCUT2D eigenvalue weighted by Gasteiger charge is -2.29. The summed E-state index contributed by atoms with van der Waals surface area (Å²) < 4.78 is 23.1. The number of phosphoric acid groups is 1. The summed E-state index contributed by atoms with van der Waals surface area (Å²) in [7, 11) is 1.22. The Hall–Kier alpha value is -1.54. The number of nitrogens with one attached hydrogen (secondary N) is 1. The van der Waals surface area contributed by atoms with Gasteiger partial charge < -0.3 is 28.8 Å². The number of carbonyl (C=O) groups excluding carboxylic acids is 1. The van der Waals surface area contributed by atoms with Crippen LogP contribution in [-0.2, 0) is 18.4 Å². The van der Waals surface area contributed by atoms with E-state index in [-0.39, 0.29) is 12.5 Å². The molecule has 0 fully saturated rings. The molecule has 0 aromatic rings. The highest BCUT2D eigenvalue weighted by molar-refractivity contribution is 7.45. The molecule has 0 rings (SSSR count). The lowest BCUT2D eigenvalue weighted by atomic mass is 10.1. The third kappa shape index (κ3) is 34.9. The predicted molar refractivity (Wildman–Crippen MR) is 210 cm³/mol. The molecule has 0 aromatic carbocycles. The molecule has 2 N–H and O–H groups in total. The van der Waals surface area contributed by atoms with Crippen molar-refractivity contribution in [2.24, 2.45) is 0 Å². The van der Waals surface area contributed by atoms with Crippen molar-refractivity contribution in [1.29, 1.82) is 0 Å². The Bertz CT molecular complexity index is 959. The maximum Gasteiger partial charge on any atom is 0.268 e. The number of carbonyl (C=O) groups is 1. The van der Waals surface area contributed by atoms with Crippen LogP contribution in [0.1, 0.15) is 155 Å². The van der Waals surface area contributed by atoms with Crippen LogP contribution in [0, 0.1) is 0 Å². The fraction of sp³-hybridized carbons (Fsp3) is 0.780. The van der Waals surface area contributed by atoms with Crippen LogP contribution in [0.4, 0.5) is 0 Å². The van der Waals surface area contributed by atoms with E-state index in [1.807, 2.05) is 27.2 Å². The summed E-state index contributed by atoms with van der Waals surface area (Å²) in [6.45, 7) is 4.55. The lowest BCUT2D eigenvalue weighted by molar-refractivity contribution is -0.870. The summed E-state index contributed by atoms with van der Waals surface area (Å²) >= 11 is 0. The third-order valence-corrected chi connectivity index (χ3v) is 9.45. The fourth-order valence-electron chi connectivity index (χ4n) is 5.23. The van der Waals surface area contributed by atoms with E-state index in [2.05, 4.69) is 55.6 Å². The quantitative estimate of drug-likeness (QED) is 0.0292. The van der Waals surface area contributed by atoms with Crippen LogP contribution in [0.3, 0.4) is 0 Å². The van der Waals surface area contributed by atoms with Crippen molar-refractivity contribution in [1.82, 2.24) is 5.32 Å². The Labute approximate surface area is 308 Å². The largest absolute Gasteiger partial charge is 0.756 e. The Kier molecular flexibility index (Phi) is 32.3. The van der Waals surface area contributed by atoms with Gasteiger partial charge in [0.25, 0.3) is 7.82 Å². The molecule has 292 valence electrons. The fourth-order valence-corrected chi connectivity index (χ4v) is 5.96. The van der Waals surface area contributed by atoms with Gasteiger partial charge in [0.05, 0.1) is 39.9 Å². The topological polar surface area (TPSA) is 108 Å². The van der Waals surface area contributed by atoms with Crippen LogP contribution in [0.5, 0.6) is 0 Å². The molecular formula is C41H77N2O6P. The van der Waals surface area contributed by atoms with Crippen LogP contribution < -0.4 is 10.2 Å². The monoisotopic (exact) mass is 725 g/mol. The molecule has 0 saturated carbocycles. The number of quaternary nitrogens is 1. The minimum atomic E-state index is -4.59. The molecule has 0 saturated heterocycles. The van der Waals surface area contributed by atoms with Crippen molar-refractivity contribution < 1.29 is 32.9 Å². The predicted octanol–water partition coefficient (Wildman–Crippen LogP) is 9.89. The first-order valence-electron chi connectivity index (χ1n) is 20.0. The number of amides is 1. The molecule has 0 aliphatic carbocycles. The van der Waals surface area contributed by atoms with Crippen molar-refractivity contribution >= 4 is 13.7 Å². The molecule has 0 aromatic heterocycles. The van der Waals surface area contributed by atoms with Gasteiger partial charge in [0.2, 0.25) is 5.91 Å². The minimum absolute atomic E-state index is 0.0119. The van der Waals surface area contributed by atoms with Gasteiger partial charge in [-0.2, -0.15) is 0 Å². The number of aliphatic hydroxyl groups is 1. The molecule has 50 heavy (non-hydrogen) atoms. The molecule has 9 heteroatoms. The van der Waals surface area contributed by atoms with Crippen molar-refractivity contribution in [2.45, 2.75) is 167 Å². The first kappa shape index (κ1) is 48.5. The van der Waals surface area contributed by atoms with Gasteiger partial charge in [-0.3, -0.25) is 9.36 Å². The van der Waals surface area contributed by atoms with Crippen LogP contribution in [0.25, 0.3) is 0 Å². The Morgan fingerprint density at radius 3 is 1.64 bits per heavy atom. The minimum Gasteiger partial charge on any atom is -0.756 e. The Balaban J connectivity index is 4.62. The maximum absolute atomic E-state index is 12.8. The van der Waals surface area contributed by atoms with Gasteiger partial charge in [-0.15, -0.1) is 0 Å². The van der Waals surface area contributed by atoms with Crippen LogP contribution in [-0.4, -0.2) is 68.5 Å². The molecular weight excluding hydrogens is 647 g/mol. The average molecular weight is 725 g/mol. The number of hydrogen-bond acceptors (Lipinski definition) is 6. The van der Waals surface area contributed by atoms with Gasteiger partial charge in [-0.05, 0) is 70.6 Å². The zero-order valence-corrected chi connectivity index (χ0v) is 33.7. The van der Waals surface area contributed by atoms with E-state index in [9.17, 15) is 19.4 Å². The molecule has 0 bridgehead atoms. The molecule has 0 radical (unpaired) electrons. The van der Waals surface area contributed by atoms with E-state index in [4.69, 9.17) is 9.05 Å². The highest BCUT2D eigenvalue weighted by atomic mass is 31.2. The molecule has 0 aliphatic rings. The van der Waals surface area contributed by atoms with E-state index >= 15 is 0 Å². The highest BCUT2D eigenvalue weighted by Gasteiger charge is 2.23. The normalized spacial score (nSPS) is 15.1. The molecule has 0 heterocycles. The zero-order valence-electron chi connectivity index (χ0n) is 32.8. The van der Waals surface area contributed by atoms with E-state index < -0.39 is 26.6 Å². The van der Waals surface area contributed by atoms with E-state index in [1.54, 1.807) is 6.08 Å². The number of unbranched alkanes of at least 4 members (excludes halogenated alkanes) is 16. The molecule has 0 spiro atoms. The van der Waals surface area contributed by atoms with Crippen molar-refractivity contribution in [2.75, 3.05) is 40.9 Å². The lowest BCUT2D eigenvalue weighted by Crippen LogP contribution is -2.45. The van der Waals surface area contributed by atoms with Gasteiger partial charge in [0.15, 0.2) is 0 Å². The highest BCUT2D eigenvalue weighted by Crippen LogP contribution is 2.38. The van der Waals surface area contributed by atoms with E-state index in [0.717, 1.165) is 64.2 Å². The van der Waals surface area contributed by atoms with Gasteiger partial charge in [0.1, 0.15) is 13.2 Å². The van der Waals surface area contributed by atoms with E-state index in [0.29, 0.717) is 17.4 Å². The summed E-state index contributed by atoms with van der Waals surface area (Å²) in [6.07, 6.45) is 40.1. The number of aliphatic hydroxyl groups excluding tert-OH is 1. The average Bonchev–Trinajstić information content (AvgIpc) is 3.06. The van der Waals surface area contributed by atoms with Crippen molar-refractivity contribution in [3.63, 3.8) is 0 Å². The summed E-state index contributed by atoms with van der Waals surface area (Å²) in [6, 6.07) is -0.911. The van der Waals surface area contributed by atoms with Crippen LogP contribution in [0.2, 0.25) is 0 Å². The number of rotatable bonds is 35. The first-order valence-corrected chi connectivity index (χ1v) is 21.5. The first-order chi connectivity index (χ1) is 24.0.